The van der Waals surface area contributed by atoms with E-state index in [4.69, 9.17) is 35.3 Å². The van der Waals surface area contributed by atoms with Crippen LogP contribution >= 0.6 is 11.6 Å². The van der Waals surface area contributed by atoms with Crippen molar-refractivity contribution < 1.29 is 28.8 Å². The zero-order valence-electron chi connectivity index (χ0n) is 34.7. The van der Waals surface area contributed by atoms with Crippen LogP contribution in [0.2, 0.25) is 5.02 Å². The van der Waals surface area contributed by atoms with Crippen molar-refractivity contribution in [2.24, 2.45) is 0 Å². The number of benzene rings is 6. The van der Waals surface area contributed by atoms with E-state index in [1.165, 1.54) is 5.56 Å². The highest BCUT2D eigenvalue weighted by atomic mass is 35.5. The van der Waals surface area contributed by atoms with Crippen LogP contribution in [0.4, 0.5) is 0 Å². The van der Waals surface area contributed by atoms with Crippen molar-refractivity contribution in [3.05, 3.63) is 219 Å². The molecule has 310 valence electrons. The number of rotatable bonds is 18. The number of halogens is 1. The van der Waals surface area contributed by atoms with E-state index < -0.39 is 30.0 Å². The molecular weight excluding hydrogens is 768 g/mol. The van der Waals surface area contributed by atoms with Gasteiger partial charge in [-0.1, -0.05) is 170 Å². The molecule has 0 saturated carbocycles. The lowest BCUT2D eigenvalue weighted by atomic mass is 9.77. The molecule has 0 spiro atoms. The highest BCUT2D eigenvalue weighted by Crippen LogP contribution is 2.49. The highest BCUT2D eigenvalue weighted by molar-refractivity contribution is 6.31. The fraction of sp³-hybridized carbons (Fsp3) is 0.283. The lowest BCUT2D eigenvalue weighted by Crippen LogP contribution is -2.65. The van der Waals surface area contributed by atoms with Crippen LogP contribution in [0.5, 0.6) is 5.75 Å². The molecule has 1 aliphatic heterocycles. The third-order valence-electron chi connectivity index (χ3n) is 10.9. The fourth-order valence-electron chi connectivity index (χ4n) is 7.91. The van der Waals surface area contributed by atoms with Crippen LogP contribution in [0.25, 0.3) is 0 Å². The number of hydrogen-bond acceptors (Lipinski definition) is 6. The topological polar surface area (TPSA) is 66.4 Å². The predicted molar refractivity (Wildman–Crippen MR) is 239 cm³/mol. The van der Waals surface area contributed by atoms with E-state index in [-0.39, 0.29) is 25.6 Å². The summed E-state index contributed by atoms with van der Waals surface area (Å²) in [7, 11) is 0. The Bertz CT molecular complexity index is 2240. The van der Waals surface area contributed by atoms with Crippen LogP contribution in [-0.2, 0) is 68.6 Å². The van der Waals surface area contributed by atoms with Crippen LogP contribution in [0.1, 0.15) is 65.3 Å². The van der Waals surface area contributed by atoms with E-state index >= 15 is 0 Å². The van der Waals surface area contributed by atoms with Gasteiger partial charge in [0.2, 0.25) is 0 Å². The molecule has 0 aromatic heterocycles. The second-order valence-electron chi connectivity index (χ2n) is 15.7. The van der Waals surface area contributed by atoms with Gasteiger partial charge in [-0.3, -0.25) is 0 Å². The third-order valence-corrected chi connectivity index (χ3v) is 11.3. The van der Waals surface area contributed by atoms with Crippen LogP contribution < -0.4 is 0 Å². The molecule has 60 heavy (non-hydrogen) atoms. The van der Waals surface area contributed by atoms with Gasteiger partial charge < -0.3 is 28.8 Å². The SMILES string of the molecule is CCc1ccc(Cc2cc([C@]3(C=C(C)C)O[C@H](COCc4ccccc4)[C@@H](OCc4ccccc4)[C@H](OCc4ccccc4)[C@H]3OCc3ccccc3)c(O)cc2Cl)cc1. The third kappa shape index (κ3) is 11.0. The average molecular weight is 823 g/mol. The number of allylic oxidation sites excluding steroid dienone is 1. The molecule has 7 rings (SSSR count). The number of phenolic OH excluding ortho intramolecular Hbond substituents is 1. The summed E-state index contributed by atoms with van der Waals surface area (Å²) in [5.41, 5.74) is 7.35. The number of aromatic hydroxyl groups is 1. The van der Waals surface area contributed by atoms with Crippen LogP contribution in [0.3, 0.4) is 0 Å². The Kier molecular flexibility index (Phi) is 15.0. The molecular formula is C53H55ClO6. The van der Waals surface area contributed by atoms with Gasteiger partial charge in [0.15, 0.2) is 0 Å². The van der Waals surface area contributed by atoms with E-state index in [1.807, 2.05) is 141 Å². The summed E-state index contributed by atoms with van der Waals surface area (Å²) in [6.45, 7) is 7.61. The molecule has 0 aliphatic carbocycles. The summed E-state index contributed by atoms with van der Waals surface area (Å²) in [6, 6.07) is 52.5. The summed E-state index contributed by atoms with van der Waals surface area (Å²) in [5.74, 6) is -0.00897. The number of phenols is 1. The maximum absolute atomic E-state index is 12.2. The van der Waals surface area contributed by atoms with Gasteiger partial charge in [-0.2, -0.15) is 0 Å². The first-order valence-electron chi connectivity index (χ1n) is 20.8. The van der Waals surface area contributed by atoms with E-state index in [9.17, 15) is 5.11 Å². The predicted octanol–water partition coefficient (Wildman–Crippen LogP) is 11.7. The number of aryl methyl sites for hydroxylation is 1. The van der Waals surface area contributed by atoms with Crippen LogP contribution in [-0.4, -0.2) is 36.1 Å². The van der Waals surface area contributed by atoms with Gasteiger partial charge in [-0.25, -0.2) is 0 Å². The molecule has 1 N–H and O–H groups in total. The highest BCUT2D eigenvalue weighted by Gasteiger charge is 2.57. The maximum atomic E-state index is 12.2. The van der Waals surface area contributed by atoms with Gasteiger partial charge in [0.25, 0.3) is 0 Å². The van der Waals surface area contributed by atoms with E-state index in [1.54, 1.807) is 6.07 Å². The minimum atomic E-state index is -1.39. The van der Waals surface area contributed by atoms with Crippen molar-refractivity contribution in [3.63, 3.8) is 0 Å². The average Bonchev–Trinajstić information content (AvgIpc) is 3.27. The second-order valence-corrected chi connectivity index (χ2v) is 16.1. The number of hydrogen-bond donors (Lipinski definition) is 1. The van der Waals surface area contributed by atoms with Crippen LogP contribution in [0, 0.1) is 0 Å². The normalized spacial score (nSPS) is 20.1. The Morgan fingerprint density at radius 3 is 1.62 bits per heavy atom. The van der Waals surface area contributed by atoms with E-state index in [0.29, 0.717) is 30.2 Å². The maximum Gasteiger partial charge on any atom is 0.144 e. The molecule has 7 heteroatoms. The minimum absolute atomic E-state index is 0.00897. The molecule has 6 nitrogen and oxygen atoms in total. The molecule has 1 heterocycles. The summed E-state index contributed by atoms with van der Waals surface area (Å²) >= 11 is 6.99. The Morgan fingerprint density at radius 1 is 0.617 bits per heavy atom. The molecule has 1 fully saturated rings. The molecule has 6 aromatic carbocycles. The molecule has 6 aromatic rings. The minimum Gasteiger partial charge on any atom is -0.507 e. The molecule has 0 bridgehead atoms. The van der Waals surface area contributed by atoms with E-state index in [0.717, 1.165) is 45.4 Å². The van der Waals surface area contributed by atoms with Crippen molar-refractivity contribution in [1.29, 1.82) is 0 Å². The van der Waals surface area contributed by atoms with Crippen molar-refractivity contribution in [2.75, 3.05) is 6.61 Å². The Morgan fingerprint density at radius 2 is 1.10 bits per heavy atom. The molecule has 5 atom stereocenters. The van der Waals surface area contributed by atoms with Gasteiger partial charge in [-0.15, -0.1) is 0 Å². The quantitative estimate of drug-likeness (QED) is 0.0871. The first kappa shape index (κ1) is 43.1. The molecule has 1 saturated heterocycles. The molecule has 1 aliphatic rings. The molecule has 0 radical (unpaired) electrons. The lowest BCUT2D eigenvalue weighted by molar-refractivity contribution is -0.300. The van der Waals surface area contributed by atoms with Crippen molar-refractivity contribution in [3.8, 4) is 5.75 Å². The molecule has 0 amide bonds. The van der Waals surface area contributed by atoms with Gasteiger partial charge in [-0.05, 0) is 83.8 Å². The summed E-state index contributed by atoms with van der Waals surface area (Å²) in [5, 5.41) is 12.6. The molecule has 0 unspecified atom stereocenters. The fourth-order valence-corrected chi connectivity index (χ4v) is 8.14. The van der Waals surface area contributed by atoms with E-state index in [2.05, 4.69) is 37.3 Å². The second kappa shape index (κ2) is 21.0. The largest absolute Gasteiger partial charge is 0.507 e. The Balaban J connectivity index is 1.38. The standard InChI is InChI=1S/C53H55ClO6/c1-4-39-25-27-40(28-26-39)29-45-30-46(48(55)31-47(45)54)53(32-38(2)3)52(59-36-44-23-15-8-16-24-44)51(58-35-43-21-13-7-14-22-43)50(57-34-42-19-11-6-12-20-42)49(60-53)37-56-33-41-17-9-5-10-18-41/h5-28,30-32,49-52,55H,4,29,33-37H2,1-3H3/t49-,50-,51+,52-,53+/m1/s1. The Labute approximate surface area is 360 Å². The summed E-state index contributed by atoms with van der Waals surface area (Å²) in [6.07, 6.45) is 0.690. The van der Waals surface area contributed by atoms with Crippen LogP contribution in [0.15, 0.2) is 169 Å². The Hall–Kier alpha value is -5.05. The number of ether oxygens (including phenoxy) is 5. The smallest absolute Gasteiger partial charge is 0.144 e. The van der Waals surface area contributed by atoms with Crippen molar-refractivity contribution in [2.45, 2.75) is 90.1 Å². The van der Waals surface area contributed by atoms with Crippen molar-refractivity contribution >= 4 is 11.6 Å². The summed E-state index contributed by atoms with van der Waals surface area (Å²) < 4.78 is 35.3. The first-order chi connectivity index (χ1) is 29.3. The zero-order valence-corrected chi connectivity index (χ0v) is 35.5. The monoisotopic (exact) mass is 822 g/mol. The lowest BCUT2D eigenvalue weighted by Gasteiger charge is -2.52. The van der Waals surface area contributed by atoms with Gasteiger partial charge >= 0.3 is 0 Å². The summed E-state index contributed by atoms with van der Waals surface area (Å²) in [4.78, 5) is 0. The van der Waals surface area contributed by atoms with Gasteiger partial charge in [0, 0.05) is 10.6 Å². The van der Waals surface area contributed by atoms with Gasteiger partial charge in [0.05, 0.1) is 33.0 Å². The zero-order chi connectivity index (χ0) is 41.7. The first-order valence-corrected chi connectivity index (χ1v) is 21.2. The van der Waals surface area contributed by atoms with Gasteiger partial charge in [0.1, 0.15) is 35.8 Å². The van der Waals surface area contributed by atoms with Crippen molar-refractivity contribution in [1.82, 2.24) is 0 Å².